The number of fused-ring (bicyclic) bond motifs is 1. The smallest absolute Gasteiger partial charge is 0.270 e. The maximum absolute atomic E-state index is 13.7. The van der Waals surface area contributed by atoms with Gasteiger partial charge >= 0.3 is 0 Å². The van der Waals surface area contributed by atoms with Gasteiger partial charge in [0, 0.05) is 25.2 Å². The van der Waals surface area contributed by atoms with Crippen molar-refractivity contribution in [2.75, 3.05) is 31.6 Å². The number of aryl methyl sites for hydroxylation is 1. The average Bonchev–Trinajstić information content (AvgIpc) is 3.10. The molecule has 154 valence electrons. The van der Waals surface area contributed by atoms with Gasteiger partial charge in [0.2, 0.25) is 10.0 Å². The van der Waals surface area contributed by atoms with Crippen molar-refractivity contribution in [1.82, 2.24) is 4.31 Å². The van der Waals surface area contributed by atoms with E-state index in [2.05, 4.69) is 5.32 Å². The molecule has 10 heteroatoms. The quantitative estimate of drug-likeness (QED) is 0.588. The number of benzene rings is 2. The molecule has 2 aliphatic rings. The first kappa shape index (κ1) is 19.7. The van der Waals surface area contributed by atoms with E-state index in [1.807, 2.05) is 0 Å². The van der Waals surface area contributed by atoms with Crippen LogP contribution >= 0.6 is 0 Å². The molecule has 0 bridgehead atoms. The minimum Gasteiger partial charge on any atom is -0.379 e. The highest BCUT2D eigenvalue weighted by atomic mass is 32.2. The molecule has 0 saturated carbocycles. The van der Waals surface area contributed by atoms with E-state index in [1.54, 1.807) is 6.07 Å². The number of hydrogen-bond acceptors (Lipinski definition) is 6. The summed E-state index contributed by atoms with van der Waals surface area (Å²) >= 11 is 0. The van der Waals surface area contributed by atoms with Crippen LogP contribution in [-0.2, 0) is 21.2 Å². The first-order valence-electron chi connectivity index (χ1n) is 9.27. The minimum absolute atomic E-state index is 0.154. The molecule has 1 aliphatic carbocycles. The normalized spacial score (nSPS) is 19.7. The zero-order chi connectivity index (χ0) is 20.6. The summed E-state index contributed by atoms with van der Waals surface area (Å²) in [5.41, 5.74) is 1.74. The van der Waals surface area contributed by atoms with Crippen LogP contribution in [0.3, 0.4) is 0 Å². The number of non-ortho nitro benzene ring substituents is 1. The molecule has 0 aromatic heterocycles. The Kier molecular flexibility index (Phi) is 5.24. The van der Waals surface area contributed by atoms with Gasteiger partial charge in [-0.3, -0.25) is 10.1 Å². The number of morpholine rings is 1. The summed E-state index contributed by atoms with van der Waals surface area (Å²) in [5, 5.41) is 14.4. The fourth-order valence-corrected chi connectivity index (χ4v) is 5.38. The average molecular weight is 421 g/mol. The van der Waals surface area contributed by atoms with E-state index >= 15 is 0 Å². The number of nitro benzene ring substituents is 1. The first-order valence-corrected chi connectivity index (χ1v) is 10.7. The van der Waals surface area contributed by atoms with E-state index in [1.165, 1.54) is 28.6 Å². The largest absolute Gasteiger partial charge is 0.379 e. The van der Waals surface area contributed by atoms with Crippen molar-refractivity contribution in [3.8, 4) is 0 Å². The molecule has 1 aliphatic heterocycles. The number of hydrogen-bond donors (Lipinski definition) is 1. The highest BCUT2D eigenvalue weighted by molar-refractivity contribution is 7.89. The molecule has 29 heavy (non-hydrogen) atoms. The third-order valence-corrected chi connectivity index (χ3v) is 7.22. The zero-order valence-electron chi connectivity index (χ0n) is 15.5. The van der Waals surface area contributed by atoms with Crippen molar-refractivity contribution in [3.05, 3.63) is 63.5 Å². The van der Waals surface area contributed by atoms with E-state index in [0.29, 0.717) is 6.42 Å². The number of anilines is 1. The second-order valence-electron chi connectivity index (χ2n) is 7.03. The maximum atomic E-state index is 13.7. The van der Waals surface area contributed by atoms with Gasteiger partial charge in [0.25, 0.3) is 5.69 Å². The molecule has 2 aromatic rings. The molecule has 8 nitrogen and oxygen atoms in total. The predicted molar refractivity (Wildman–Crippen MR) is 104 cm³/mol. The Bertz CT molecular complexity index is 1050. The minimum atomic E-state index is -3.96. The summed E-state index contributed by atoms with van der Waals surface area (Å²) in [4.78, 5) is 10.5. The molecule has 1 heterocycles. The lowest BCUT2D eigenvalue weighted by Crippen LogP contribution is -2.40. The Labute approximate surface area is 167 Å². The van der Waals surface area contributed by atoms with Crippen molar-refractivity contribution in [2.24, 2.45) is 0 Å². The van der Waals surface area contributed by atoms with Crippen LogP contribution in [0.2, 0.25) is 0 Å². The number of nitrogens with zero attached hydrogens (tertiary/aromatic N) is 2. The van der Waals surface area contributed by atoms with Gasteiger partial charge in [-0.25, -0.2) is 12.8 Å². The SMILES string of the molecule is O=[N+]([O-])c1ccc(NC2CCc3ccc(F)cc32)c(S(=O)(=O)N2CCOCC2)c1. The second kappa shape index (κ2) is 7.69. The van der Waals surface area contributed by atoms with Gasteiger partial charge in [0.15, 0.2) is 0 Å². The number of nitrogens with one attached hydrogen (secondary N) is 1. The lowest BCUT2D eigenvalue weighted by Gasteiger charge is -2.27. The van der Waals surface area contributed by atoms with Gasteiger partial charge in [-0.2, -0.15) is 4.31 Å². The fourth-order valence-electron chi connectivity index (χ4n) is 3.79. The number of ether oxygens (including phenoxy) is 1. The van der Waals surface area contributed by atoms with Crippen LogP contribution in [0.1, 0.15) is 23.6 Å². The summed E-state index contributed by atoms with van der Waals surface area (Å²) in [6, 6.07) is 8.05. The summed E-state index contributed by atoms with van der Waals surface area (Å²) in [6.45, 7) is 0.905. The lowest BCUT2D eigenvalue weighted by atomic mass is 10.1. The topological polar surface area (TPSA) is 102 Å². The molecule has 1 unspecified atom stereocenters. The van der Waals surface area contributed by atoms with Crippen LogP contribution in [-0.4, -0.2) is 43.9 Å². The maximum Gasteiger partial charge on any atom is 0.270 e. The zero-order valence-corrected chi connectivity index (χ0v) is 16.3. The Hall–Kier alpha value is -2.56. The third-order valence-electron chi connectivity index (χ3n) is 5.28. The number of sulfonamides is 1. The molecule has 0 radical (unpaired) electrons. The highest BCUT2D eigenvalue weighted by Crippen LogP contribution is 2.37. The van der Waals surface area contributed by atoms with Crippen molar-refractivity contribution >= 4 is 21.4 Å². The number of halogens is 1. The van der Waals surface area contributed by atoms with Gasteiger partial charge < -0.3 is 10.1 Å². The third kappa shape index (κ3) is 3.83. The first-order chi connectivity index (χ1) is 13.9. The fraction of sp³-hybridized carbons (Fsp3) is 0.368. The van der Waals surface area contributed by atoms with Crippen molar-refractivity contribution in [1.29, 1.82) is 0 Å². The molecule has 1 fully saturated rings. The van der Waals surface area contributed by atoms with Crippen molar-refractivity contribution in [3.63, 3.8) is 0 Å². The molecule has 2 aromatic carbocycles. The number of rotatable bonds is 5. The monoisotopic (exact) mass is 421 g/mol. The van der Waals surface area contributed by atoms with E-state index in [-0.39, 0.29) is 54.4 Å². The molecule has 0 amide bonds. The Morgan fingerprint density at radius 3 is 2.66 bits per heavy atom. The van der Waals surface area contributed by atoms with E-state index < -0.39 is 14.9 Å². The molecule has 1 saturated heterocycles. The molecule has 1 N–H and O–H groups in total. The molecular weight excluding hydrogens is 401 g/mol. The molecule has 4 rings (SSSR count). The van der Waals surface area contributed by atoms with Gasteiger partial charge in [-0.15, -0.1) is 0 Å². The number of nitro groups is 1. The highest BCUT2D eigenvalue weighted by Gasteiger charge is 2.32. The Balaban J connectivity index is 1.73. The Morgan fingerprint density at radius 2 is 1.93 bits per heavy atom. The second-order valence-corrected chi connectivity index (χ2v) is 8.94. The Morgan fingerprint density at radius 1 is 1.17 bits per heavy atom. The summed E-state index contributed by atoms with van der Waals surface area (Å²) in [5.74, 6) is -0.359. The van der Waals surface area contributed by atoms with Crippen LogP contribution in [0.25, 0.3) is 0 Å². The van der Waals surface area contributed by atoms with Crippen LogP contribution in [0.5, 0.6) is 0 Å². The van der Waals surface area contributed by atoms with E-state index in [4.69, 9.17) is 4.74 Å². The van der Waals surface area contributed by atoms with Crippen LogP contribution in [0, 0.1) is 15.9 Å². The van der Waals surface area contributed by atoms with Gasteiger partial charge in [-0.05, 0) is 42.2 Å². The van der Waals surface area contributed by atoms with Crippen LogP contribution < -0.4 is 5.32 Å². The van der Waals surface area contributed by atoms with Crippen molar-refractivity contribution < 1.29 is 22.5 Å². The lowest BCUT2D eigenvalue weighted by molar-refractivity contribution is -0.385. The summed E-state index contributed by atoms with van der Waals surface area (Å²) in [7, 11) is -3.96. The van der Waals surface area contributed by atoms with Gasteiger partial charge in [-0.1, -0.05) is 6.07 Å². The van der Waals surface area contributed by atoms with Crippen LogP contribution in [0.15, 0.2) is 41.3 Å². The predicted octanol–water partition coefficient (Wildman–Crippen LogP) is 2.85. The van der Waals surface area contributed by atoms with Crippen molar-refractivity contribution in [2.45, 2.75) is 23.8 Å². The molecular formula is C19H20FN3O5S. The van der Waals surface area contributed by atoms with Gasteiger partial charge in [0.05, 0.1) is 29.9 Å². The summed E-state index contributed by atoms with van der Waals surface area (Å²) < 4.78 is 46.6. The van der Waals surface area contributed by atoms with E-state index in [9.17, 15) is 22.9 Å². The van der Waals surface area contributed by atoms with E-state index in [0.717, 1.165) is 23.6 Å². The van der Waals surface area contributed by atoms with Gasteiger partial charge in [0.1, 0.15) is 10.7 Å². The molecule has 0 spiro atoms. The standard InChI is InChI=1S/C19H20FN3O5S/c20-14-3-1-13-2-5-17(16(13)11-14)21-18-6-4-15(23(24)25)12-19(18)29(26,27)22-7-9-28-10-8-22/h1,3-4,6,11-12,17,21H,2,5,7-10H2. The summed E-state index contributed by atoms with van der Waals surface area (Å²) in [6.07, 6.45) is 1.42. The van der Waals surface area contributed by atoms with Crippen LogP contribution in [0.4, 0.5) is 15.8 Å². The molecule has 1 atom stereocenters.